The van der Waals surface area contributed by atoms with Crippen LogP contribution in [0, 0.1) is 0 Å². The summed E-state index contributed by atoms with van der Waals surface area (Å²) in [6.07, 6.45) is 1.34. The molecule has 0 radical (unpaired) electrons. The van der Waals surface area contributed by atoms with Crippen molar-refractivity contribution in [3.63, 3.8) is 0 Å². The molecule has 1 heterocycles. The number of benzene rings is 2. The van der Waals surface area contributed by atoms with Crippen molar-refractivity contribution in [2.75, 3.05) is 25.7 Å². The Morgan fingerprint density at radius 2 is 1.63 bits per heavy atom. The van der Waals surface area contributed by atoms with E-state index in [1.165, 1.54) is 14.2 Å². The number of aryl methyl sites for hydroxylation is 2. The molecule has 0 aliphatic carbocycles. The van der Waals surface area contributed by atoms with E-state index in [9.17, 15) is 14.4 Å². The zero-order chi connectivity index (χ0) is 25.5. The summed E-state index contributed by atoms with van der Waals surface area (Å²) in [5.41, 5.74) is 14.8. The van der Waals surface area contributed by atoms with E-state index in [1.807, 2.05) is 30.3 Å². The third-order valence-electron chi connectivity index (χ3n) is 5.44. The number of rotatable bonds is 9. The molecule has 0 spiro atoms. The first-order valence-electron chi connectivity index (χ1n) is 10.8. The molecule has 5 N–H and O–H groups in total. The minimum Gasteiger partial charge on any atom is -0.467 e. The summed E-state index contributed by atoms with van der Waals surface area (Å²) in [6, 6.07) is 11.7. The lowest BCUT2D eigenvalue weighted by atomic mass is 10.0. The van der Waals surface area contributed by atoms with E-state index in [2.05, 4.69) is 26.6 Å². The van der Waals surface area contributed by atoms with E-state index >= 15 is 0 Å². The van der Waals surface area contributed by atoms with Crippen molar-refractivity contribution < 1.29 is 23.9 Å². The van der Waals surface area contributed by atoms with E-state index < -0.39 is 23.9 Å². The average Bonchev–Trinajstić information content (AvgIpc) is 2.86. The summed E-state index contributed by atoms with van der Waals surface area (Å²) in [7, 11) is 2.41. The second-order valence-electron chi connectivity index (χ2n) is 7.86. The molecule has 10 nitrogen and oxygen atoms in total. The van der Waals surface area contributed by atoms with Gasteiger partial charge in [0.05, 0.1) is 19.7 Å². The number of ether oxygens (including phenoxy) is 2. The zero-order valence-electron chi connectivity index (χ0n) is 19.5. The van der Waals surface area contributed by atoms with E-state index in [0.29, 0.717) is 16.9 Å². The maximum Gasteiger partial charge on any atom is 0.333 e. The van der Waals surface area contributed by atoms with Crippen molar-refractivity contribution in [1.82, 2.24) is 15.3 Å². The highest BCUT2D eigenvalue weighted by atomic mass is 16.5. The molecular formula is C25H27N5O5. The Labute approximate surface area is 202 Å². The van der Waals surface area contributed by atoms with Crippen LogP contribution in [0.2, 0.25) is 0 Å². The number of nitrogens with one attached hydrogen (secondary N) is 1. The predicted octanol–water partition coefficient (Wildman–Crippen LogP) is 1.97. The monoisotopic (exact) mass is 477 g/mol. The van der Waals surface area contributed by atoms with Crippen LogP contribution >= 0.6 is 0 Å². The standard InChI is InChI=1S/C25H27N5O5/c1-14(23(32)34-2)12-20(24(33)35-3)28-22(31)17-9-6-15(7-10-17)4-5-16-8-11-19-18(13-16)21(26)30-25(27)29-19/h6-11,13,20H,1,4-5,12H2,2-3H3,(H,28,31)(H4,26,27,29,30)/t20-/m0/s1. The van der Waals surface area contributed by atoms with Crippen LogP contribution in [0.15, 0.2) is 54.6 Å². The third-order valence-corrected chi connectivity index (χ3v) is 5.44. The summed E-state index contributed by atoms with van der Waals surface area (Å²) in [4.78, 5) is 44.5. The lowest BCUT2D eigenvalue weighted by Gasteiger charge is -2.17. The predicted molar refractivity (Wildman–Crippen MR) is 131 cm³/mol. The minimum absolute atomic E-state index is 0.0454. The Hall–Kier alpha value is -4.47. The van der Waals surface area contributed by atoms with E-state index in [-0.39, 0.29) is 17.9 Å². The van der Waals surface area contributed by atoms with Gasteiger partial charge in [0.1, 0.15) is 11.9 Å². The fourth-order valence-electron chi connectivity index (χ4n) is 3.54. The number of fused-ring (bicyclic) bond motifs is 1. The Kier molecular flexibility index (Phi) is 7.98. The molecule has 0 fully saturated rings. The van der Waals surface area contributed by atoms with Gasteiger partial charge >= 0.3 is 11.9 Å². The number of anilines is 2. The molecule has 3 aromatic rings. The van der Waals surface area contributed by atoms with Crippen molar-refractivity contribution in [3.05, 3.63) is 71.3 Å². The SMILES string of the molecule is C=C(C[C@H](NC(=O)c1ccc(CCc2ccc3nc(N)nc(N)c3c2)cc1)C(=O)OC)C(=O)OC. The van der Waals surface area contributed by atoms with Gasteiger partial charge in [-0.3, -0.25) is 4.79 Å². The molecule has 0 aliphatic heterocycles. The van der Waals surface area contributed by atoms with Crippen molar-refractivity contribution >= 4 is 40.5 Å². The van der Waals surface area contributed by atoms with Crippen molar-refractivity contribution in [2.45, 2.75) is 25.3 Å². The van der Waals surface area contributed by atoms with Crippen LogP contribution in [0.3, 0.4) is 0 Å². The maximum absolute atomic E-state index is 12.7. The molecule has 35 heavy (non-hydrogen) atoms. The van der Waals surface area contributed by atoms with Crippen LogP contribution in [-0.2, 0) is 31.9 Å². The number of carbonyl (C=O) groups is 3. The van der Waals surface area contributed by atoms with Crippen molar-refractivity contribution in [3.8, 4) is 0 Å². The number of hydrogen-bond acceptors (Lipinski definition) is 9. The Bertz CT molecular complexity index is 1270. The van der Waals surface area contributed by atoms with Gasteiger partial charge in [-0.25, -0.2) is 14.6 Å². The van der Waals surface area contributed by atoms with Crippen LogP contribution < -0.4 is 16.8 Å². The van der Waals surface area contributed by atoms with E-state index in [4.69, 9.17) is 16.2 Å². The summed E-state index contributed by atoms with van der Waals surface area (Å²) >= 11 is 0. The highest BCUT2D eigenvalue weighted by Crippen LogP contribution is 2.21. The number of hydrogen-bond donors (Lipinski definition) is 3. The van der Waals surface area contributed by atoms with Crippen LogP contribution in [0.1, 0.15) is 27.9 Å². The molecular weight excluding hydrogens is 450 g/mol. The Morgan fingerprint density at radius 3 is 2.29 bits per heavy atom. The number of methoxy groups -OCH3 is 2. The number of aromatic nitrogens is 2. The molecule has 2 aromatic carbocycles. The van der Waals surface area contributed by atoms with Gasteiger partial charge in [-0.1, -0.05) is 24.8 Å². The normalized spacial score (nSPS) is 11.5. The fraction of sp³-hybridized carbons (Fsp3) is 0.240. The third kappa shape index (κ3) is 6.32. The van der Waals surface area contributed by atoms with Gasteiger partial charge in [-0.2, -0.15) is 4.98 Å². The summed E-state index contributed by atoms with van der Waals surface area (Å²) < 4.78 is 9.32. The molecule has 0 saturated heterocycles. The number of esters is 2. The van der Waals surface area contributed by atoms with E-state index in [1.54, 1.807) is 12.1 Å². The highest BCUT2D eigenvalue weighted by molar-refractivity contribution is 5.97. The Morgan fingerprint density at radius 1 is 0.971 bits per heavy atom. The van der Waals surface area contributed by atoms with Crippen LogP contribution in [0.25, 0.3) is 10.9 Å². The first-order chi connectivity index (χ1) is 16.7. The van der Waals surface area contributed by atoms with Gasteiger partial charge in [-0.05, 0) is 48.2 Å². The molecule has 0 aliphatic rings. The largest absolute Gasteiger partial charge is 0.467 e. The second-order valence-corrected chi connectivity index (χ2v) is 7.86. The number of nitrogen functional groups attached to an aromatic ring is 2. The molecule has 0 unspecified atom stereocenters. The molecule has 182 valence electrons. The van der Waals surface area contributed by atoms with Crippen LogP contribution in [-0.4, -0.2) is 48.1 Å². The lowest BCUT2D eigenvalue weighted by molar-refractivity contribution is -0.143. The van der Waals surface area contributed by atoms with Gasteiger partial charge in [-0.15, -0.1) is 0 Å². The summed E-state index contributed by atoms with van der Waals surface area (Å²) in [5.74, 6) is -1.36. The summed E-state index contributed by atoms with van der Waals surface area (Å²) in [5, 5.41) is 3.33. The first-order valence-corrected chi connectivity index (χ1v) is 10.8. The molecule has 0 bridgehead atoms. The van der Waals surface area contributed by atoms with Gasteiger partial charge < -0.3 is 26.3 Å². The average molecular weight is 478 g/mol. The highest BCUT2D eigenvalue weighted by Gasteiger charge is 2.25. The molecule has 1 amide bonds. The molecule has 3 rings (SSSR count). The molecule has 1 aromatic heterocycles. The smallest absolute Gasteiger partial charge is 0.333 e. The molecule has 0 saturated carbocycles. The lowest BCUT2D eigenvalue weighted by Crippen LogP contribution is -2.42. The number of nitrogens with two attached hydrogens (primary N) is 2. The Balaban J connectivity index is 1.64. The number of nitrogens with zero attached hydrogens (tertiary/aromatic N) is 2. The van der Waals surface area contributed by atoms with Crippen molar-refractivity contribution in [1.29, 1.82) is 0 Å². The molecule has 10 heteroatoms. The number of carbonyl (C=O) groups excluding carboxylic acids is 3. The van der Waals surface area contributed by atoms with Gasteiger partial charge in [0.15, 0.2) is 0 Å². The number of amides is 1. The van der Waals surface area contributed by atoms with Crippen LogP contribution in [0.4, 0.5) is 11.8 Å². The summed E-state index contributed by atoms with van der Waals surface area (Å²) in [6.45, 7) is 3.59. The van der Waals surface area contributed by atoms with Gasteiger partial charge in [0.2, 0.25) is 5.95 Å². The van der Waals surface area contributed by atoms with Gasteiger partial charge in [0, 0.05) is 22.9 Å². The second kappa shape index (κ2) is 11.1. The quantitative estimate of drug-likeness (QED) is 0.309. The topological polar surface area (TPSA) is 160 Å². The van der Waals surface area contributed by atoms with Crippen LogP contribution in [0.5, 0.6) is 0 Å². The zero-order valence-corrected chi connectivity index (χ0v) is 19.5. The van der Waals surface area contributed by atoms with Crippen molar-refractivity contribution in [2.24, 2.45) is 0 Å². The van der Waals surface area contributed by atoms with E-state index in [0.717, 1.165) is 29.4 Å². The van der Waals surface area contributed by atoms with Gasteiger partial charge in [0.25, 0.3) is 5.91 Å². The first kappa shape index (κ1) is 25.2. The maximum atomic E-state index is 12.7. The minimum atomic E-state index is -1.07. The fourth-order valence-corrected chi connectivity index (χ4v) is 3.54. The molecule has 1 atom stereocenters.